The summed E-state index contributed by atoms with van der Waals surface area (Å²) in [7, 11) is 0. The maximum absolute atomic E-state index is 12.7. The fourth-order valence-corrected chi connectivity index (χ4v) is 3.75. The minimum absolute atomic E-state index is 0.0638. The van der Waals surface area contributed by atoms with Crippen molar-refractivity contribution in [2.24, 2.45) is 0 Å². The third kappa shape index (κ3) is 4.44. The van der Waals surface area contributed by atoms with Crippen molar-refractivity contribution in [3.8, 4) is 0 Å². The molecule has 3 aromatic carbocycles. The summed E-state index contributed by atoms with van der Waals surface area (Å²) >= 11 is 0. The highest BCUT2D eigenvalue weighted by atomic mass is 16.5. The minimum atomic E-state index is -0.363. The van der Waals surface area contributed by atoms with Gasteiger partial charge >= 0.3 is 5.97 Å². The lowest BCUT2D eigenvalue weighted by molar-refractivity contribution is 0.0182. The Morgan fingerprint density at radius 1 is 0.759 bits per heavy atom. The molecule has 4 heteroatoms. The van der Waals surface area contributed by atoms with E-state index in [1.165, 1.54) is 5.56 Å². The third-order valence-electron chi connectivity index (χ3n) is 5.33. The van der Waals surface area contributed by atoms with E-state index in [0.29, 0.717) is 23.2 Å². The fraction of sp³-hybridized carbons (Fsp3) is 0.200. The van der Waals surface area contributed by atoms with E-state index in [9.17, 15) is 9.59 Å². The topological polar surface area (TPSA) is 55.4 Å². The Morgan fingerprint density at radius 3 is 2.03 bits per heavy atom. The molecule has 0 bridgehead atoms. The van der Waals surface area contributed by atoms with Crippen LogP contribution in [0, 0.1) is 0 Å². The van der Waals surface area contributed by atoms with Gasteiger partial charge in [-0.05, 0) is 30.7 Å². The molecule has 146 valence electrons. The summed E-state index contributed by atoms with van der Waals surface area (Å²) in [6.07, 6.45) is 0.705. The Morgan fingerprint density at radius 2 is 1.34 bits per heavy atom. The lowest BCUT2D eigenvalue weighted by Gasteiger charge is -2.32. The Labute approximate surface area is 170 Å². The second-order valence-electron chi connectivity index (χ2n) is 7.23. The maximum Gasteiger partial charge on any atom is 0.338 e. The van der Waals surface area contributed by atoms with Crippen LogP contribution in [0.1, 0.15) is 44.2 Å². The second-order valence-corrected chi connectivity index (χ2v) is 7.23. The first kappa shape index (κ1) is 19.1. The number of hydrogen-bond donors (Lipinski definition) is 1. The third-order valence-corrected chi connectivity index (χ3v) is 5.33. The molecule has 0 amide bonds. The van der Waals surface area contributed by atoms with Gasteiger partial charge in [0.15, 0.2) is 5.78 Å². The van der Waals surface area contributed by atoms with Crippen molar-refractivity contribution < 1.29 is 14.3 Å². The number of ether oxygens (including phenoxy) is 1. The number of esters is 1. The van der Waals surface area contributed by atoms with Crippen molar-refractivity contribution in [3.05, 3.63) is 107 Å². The van der Waals surface area contributed by atoms with Crippen LogP contribution in [0.3, 0.4) is 0 Å². The summed E-state index contributed by atoms with van der Waals surface area (Å²) in [5, 5.41) is 3.31. The summed E-state index contributed by atoms with van der Waals surface area (Å²) in [5.41, 5.74) is 2.82. The molecule has 1 aliphatic heterocycles. The average molecular weight is 385 g/mol. The molecule has 0 radical (unpaired) electrons. The van der Waals surface area contributed by atoms with Crippen LogP contribution in [-0.2, 0) is 4.74 Å². The average Bonchev–Trinajstić information content (AvgIpc) is 2.80. The van der Waals surface area contributed by atoms with Crippen LogP contribution < -0.4 is 5.32 Å². The smallest absolute Gasteiger partial charge is 0.338 e. The van der Waals surface area contributed by atoms with Gasteiger partial charge in [0.05, 0.1) is 5.56 Å². The number of nitrogens with one attached hydrogen (secondary N) is 1. The molecule has 2 atom stereocenters. The lowest BCUT2D eigenvalue weighted by Crippen LogP contribution is -2.42. The van der Waals surface area contributed by atoms with Crippen molar-refractivity contribution in [3.63, 3.8) is 0 Å². The molecule has 1 aliphatic rings. The van der Waals surface area contributed by atoms with E-state index in [0.717, 1.165) is 13.0 Å². The Hall–Kier alpha value is -3.24. The summed E-state index contributed by atoms with van der Waals surface area (Å²) < 4.78 is 5.84. The van der Waals surface area contributed by atoms with E-state index in [1.54, 1.807) is 36.4 Å². The first-order valence-corrected chi connectivity index (χ1v) is 9.89. The molecule has 0 aromatic heterocycles. The van der Waals surface area contributed by atoms with Gasteiger partial charge in [0.1, 0.15) is 6.10 Å². The van der Waals surface area contributed by atoms with Gasteiger partial charge in [-0.25, -0.2) is 4.79 Å². The predicted molar refractivity (Wildman–Crippen MR) is 112 cm³/mol. The van der Waals surface area contributed by atoms with Crippen molar-refractivity contribution in [1.82, 2.24) is 5.32 Å². The van der Waals surface area contributed by atoms with Crippen LogP contribution in [0.15, 0.2) is 84.9 Å². The summed E-state index contributed by atoms with van der Waals surface area (Å²) in [6.45, 7) is 1.54. The Kier molecular flexibility index (Phi) is 5.82. The molecular weight excluding hydrogens is 362 g/mol. The van der Waals surface area contributed by atoms with Crippen LogP contribution >= 0.6 is 0 Å². The summed E-state index contributed by atoms with van der Waals surface area (Å²) in [6, 6.07) is 26.0. The highest BCUT2D eigenvalue weighted by Crippen LogP contribution is 2.28. The molecule has 1 fully saturated rings. The number of rotatable bonds is 5. The van der Waals surface area contributed by atoms with Crippen LogP contribution in [0.4, 0.5) is 0 Å². The Balaban J connectivity index is 1.46. The van der Waals surface area contributed by atoms with Gasteiger partial charge in [-0.2, -0.15) is 0 Å². The quantitative estimate of drug-likeness (QED) is 0.528. The molecule has 1 heterocycles. The number of piperidine rings is 1. The van der Waals surface area contributed by atoms with Crippen LogP contribution in [-0.4, -0.2) is 30.9 Å². The van der Waals surface area contributed by atoms with Gasteiger partial charge in [-0.3, -0.25) is 4.79 Å². The van der Waals surface area contributed by atoms with Crippen molar-refractivity contribution in [2.75, 3.05) is 13.1 Å². The van der Waals surface area contributed by atoms with Crippen LogP contribution in [0.2, 0.25) is 0 Å². The molecule has 0 aliphatic carbocycles. The van der Waals surface area contributed by atoms with E-state index in [1.807, 2.05) is 36.4 Å². The number of ketones is 1. The molecule has 29 heavy (non-hydrogen) atoms. The number of hydrogen-bond acceptors (Lipinski definition) is 4. The van der Waals surface area contributed by atoms with E-state index < -0.39 is 0 Å². The number of benzene rings is 3. The summed E-state index contributed by atoms with van der Waals surface area (Å²) in [5.74, 6) is -0.246. The molecule has 4 nitrogen and oxygen atoms in total. The number of carbonyl (C=O) groups is 2. The predicted octanol–water partition coefficient (Wildman–Crippen LogP) is 4.22. The zero-order chi connectivity index (χ0) is 20.1. The molecule has 0 spiro atoms. The van der Waals surface area contributed by atoms with Crippen molar-refractivity contribution in [2.45, 2.75) is 18.4 Å². The fourth-order valence-electron chi connectivity index (χ4n) is 3.75. The zero-order valence-electron chi connectivity index (χ0n) is 16.1. The molecule has 1 N–H and O–H groups in total. The van der Waals surface area contributed by atoms with E-state index >= 15 is 0 Å². The number of carbonyl (C=O) groups excluding carboxylic acids is 2. The maximum atomic E-state index is 12.7. The van der Waals surface area contributed by atoms with Crippen molar-refractivity contribution in [1.29, 1.82) is 0 Å². The molecule has 1 saturated heterocycles. The van der Waals surface area contributed by atoms with E-state index in [-0.39, 0.29) is 23.8 Å². The molecule has 0 saturated carbocycles. The van der Waals surface area contributed by atoms with Gasteiger partial charge in [-0.15, -0.1) is 0 Å². The molecule has 0 unspecified atom stereocenters. The van der Waals surface area contributed by atoms with Gasteiger partial charge < -0.3 is 10.1 Å². The highest BCUT2D eigenvalue weighted by molar-refractivity contribution is 6.09. The lowest BCUT2D eigenvalue weighted by atomic mass is 9.88. The molecule has 3 aromatic rings. The first-order valence-electron chi connectivity index (χ1n) is 9.89. The van der Waals surface area contributed by atoms with E-state index in [2.05, 4.69) is 17.4 Å². The Bertz CT molecular complexity index is 968. The molecular formula is C25H23NO3. The normalized spacial score (nSPS) is 18.8. The van der Waals surface area contributed by atoms with Gasteiger partial charge in [0.2, 0.25) is 0 Å². The van der Waals surface area contributed by atoms with Gasteiger partial charge in [-0.1, -0.05) is 72.8 Å². The standard InChI is InChI=1S/C25H23NO3/c27-24(19-9-5-2-6-10-19)20-11-13-21(14-12-20)25(28)29-23-17-26-16-15-22(23)18-7-3-1-4-8-18/h1-14,22-23,26H,15-17H2/t22-,23+/m0/s1. The molecule has 4 rings (SSSR count). The van der Waals surface area contributed by atoms with Crippen LogP contribution in [0.25, 0.3) is 0 Å². The summed E-state index contributed by atoms with van der Waals surface area (Å²) in [4.78, 5) is 25.2. The zero-order valence-corrected chi connectivity index (χ0v) is 16.1. The largest absolute Gasteiger partial charge is 0.457 e. The van der Waals surface area contributed by atoms with Crippen molar-refractivity contribution >= 4 is 11.8 Å². The van der Waals surface area contributed by atoms with Crippen LogP contribution in [0.5, 0.6) is 0 Å². The highest BCUT2D eigenvalue weighted by Gasteiger charge is 2.29. The van der Waals surface area contributed by atoms with Gasteiger partial charge in [0.25, 0.3) is 0 Å². The monoisotopic (exact) mass is 385 g/mol. The first-order chi connectivity index (χ1) is 14.2. The SMILES string of the molecule is O=C(O[C@@H]1CNCC[C@H]1c1ccccc1)c1ccc(C(=O)c2ccccc2)cc1. The second kappa shape index (κ2) is 8.84. The van der Waals surface area contributed by atoms with Gasteiger partial charge in [0, 0.05) is 23.6 Å². The van der Waals surface area contributed by atoms with E-state index in [4.69, 9.17) is 4.74 Å². The minimum Gasteiger partial charge on any atom is -0.457 e.